The molecule has 0 spiro atoms. The maximum absolute atomic E-state index is 13.1. The summed E-state index contributed by atoms with van der Waals surface area (Å²) in [5.74, 6) is 1.01. The van der Waals surface area contributed by atoms with Gasteiger partial charge in [-0.3, -0.25) is 9.78 Å². The third kappa shape index (κ3) is 3.95. The van der Waals surface area contributed by atoms with Crippen LogP contribution < -0.4 is 0 Å². The number of hydrogen-bond acceptors (Lipinski definition) is 5. The standard InChI is InChI=1S/C21H17N3O3/c25-21(19-13-20(27-23-19)17-8-10-22-11-9-17)24(15-18-7-4-12-26-18)14-16-5-2-1-3-6-16/h1-13H,14-15H2. The van der Waals surface area contributed by atoms with Gasteiger partial charge in [0.1, 0.15) is 5.76 Å². The molecule has 0 saturated heterocycles. The summed E-state index contributed by atoms with van der Waals surface area (Å²) in [6.45, 7) is 0.788. The largest absolute Gasteiger partial charge is 0.467 e. The Morgan fingerprint density at radius 3 is 2.52 bits per heavy atom. The minimum absolute atomic E-state index is 0.223. The van der Waals surface area contributed by atoms with E-state index in [1.54, 1.807) is 47.8 Å². The molecule has 27 heavy (non-hydrogen) atoms. The second kappa shape index (κ2) is 7.70. The van der Waals surface area contributed by atoms with Gasteiger partial charge in [0.05, 0.1) is 12.8 Å². The number of nitrogens with zero attached hydrogens (tertiary/aromatic N) is 3. The van der Waals surface area contributed by atoms with E-state index in [4.69, 9.17) is 8.94 Å². The summed E-state index contributed by atoms with van der Waals surface area (Å²) in [7, 11) is 0. The molecule has 0 unspecified atom stereocenters. The van der Waals surface area contributed by atoms with Gasteiger partial charge in [-0.2, -0.15) is 0 Å². The predicted molar refractivity (Wildman–Crippen MR) is 98.5 cm³/mol. The predicted octanol–water partition coefficient (Wildman–Crippen LogP) is 4.17. The summed E-state index contributed by atoms with van der Waals surface area (Å²) in [6, 6.07) is 18.7. The summed E-state index contributed by atoms with van der Waals surface area (Å²) < 4.78 is 10.8. The van der Waals surface area contributed by atoms with Crippen LogP contribution in [0.5, 0.6) is 0 Å². The fourth-order valence-electron chi connectivity index (χ4n) is 2.78. The topological polar surface area (TPSA) is 72.4 Å². The summed E-state index contributed by atoms with van der Waals surface area (Å²) in [5.41, 5.74) is 2.09. The minimum atomic E-state index is -0.223. The van der Waals surface area contributed by atoms with Crippen LogP contribution in [-0.2, 0) is 13.1 Å². The second-order valence-electron chi connectivity index (χ2n) is 6.04. The molecule has 3 heterocycles. The minimum Gasteiger partial charge on any atom is -0.467 e. The Hall–Kier alpha value is -3.67. The van der Waals surface area contributed by atoms with Crippen molar-refractivity contribution in [3.63, 3.8) is 0 Å². The number of furan rings is 1. The number of benzene rings is 1. The molecule has 0 fully saturated rings. The molecule has 0 saturated carbocycles. The Labute approximate surface area is 156 Å². The number of carbonyl (C=O) groups excluding carboxylic acids is 1. The quantitative estimate of drug-likeness (QED) is 0.516. The highest BCUT2D eigenvalue weighted by Gasteiger charge is 2.22. The highest BCUT2D eigenvalue weighted by atomic mass is 16.5. The lowest BCUT2D eigenvalue weighted by Crippen LogP contribution is -2.30. The number of aromatic nitrogens is 2. The fourth-order valence-corrected chi connectivity index (χ4v) is 2.78. The average molecular weight is 359 g/mol. The van der Waals surface area contributed by atoms with E-state index in [0.717, 1.165) is 11.1 Å². The van der Waals surface area contributed by atoms with Crippen LogP contribution in [0.4, 0.5) is 0 Å². The summed E-state index contributed by atoms with van der Waals surface area (Å²) in [6.07, 6.45) is 4.92. The van der Waals surface area contributed by atoms with Crippen LogP contribution in [-0.4, -0.2) is 20.9 Å². The molecule has 1 amide bonds. The zero-order valence-electron chi connectivity index (χ0n) is 14.5. The van der Waals surface area contributed by atoms with E-state index in [-0.39, 0.29) is 11.6 Å². The fraction of sp³-hybridized carbons (Fsp3) is 0.0952. The van der Waals surface area contributed by atoms with E-state index in [1.807, 2.05) is 36.4 Å². The van der Waals surface area contributed by atoms with Gasteiger partial charge in [-0.25, -0.2) is 0 Å². The highest BCUT2D eigenvalue weighted by Crippen LogP contribution is 2.21. The number of rotatable bonds is 6. The molecule has 0 aliphatic heterocycles. The van der Waals surface area contributed by atoms with Gasteiger partial charge in [0.25, 0.3) is 5.91 Å². The third-order valence-corrected chi connectivity index (χ3v) is 4.12. The van der Waals surface area contributed by atoms with Crippen molar-refractivity contribution in [3.8, 4) is 11.3 Å². The first-order valence-electron chi connectivity index (χ1n) is 8.52. The first kappa shape index (κ1) is 16.8. The van der Waals surface area contributed by atoms with Crippen molar-refractivity contribution in [1.29, 1.82) is 0 Å². The Balaban J connectivity index is 1.59. The van der Waals surface area contributed by atoms with Crippen molar-refractivity contribution in [3.05, 3.63) is 96.3 Å². The van der Waals surface area contributed by atoms with Crippen LogP contribution in [0.1, 0.15) is 21.8 Å². The monoisotopic (exact) mass is 359 g/mol. The Bertz CT molecular complexity index is 996. The zero-order valence-corrected chi connectivity index (χ0v) is 14.5. The molecule has 0 N–H and O–H groups in total. The lowest BCUT2D eigenvalue weighted by atomic mass is 10.2. The van der Waals surface area contributed by atoms with Crippen LogP contribution in [0.15, 0.2) is 88.3 Å². The number of hydrogen-bond donors (Lipinski definition) is 0. The molecule has 4 rings (SSSR count). The molecule has 0 radical (unpaired) electrons. The van der Waals surface area contributed by atoms with Gasteiger partial charge in [-0.1, -0.05) is 35.5 Å². The molecule has 1 aromatic carbocycles. The Morgan fingerprint density at radius 2 is 1.78 bits per heavy atom. The van der Waals surface area contributed by atoms with Crippen molar-refractivity contribution in [2.24, 2.45) is 0 Å². The Morgan fingerprint density at radius 1 is 0.963 bits per heavy atom. The molecule has 0 bridgehead atoms. The van der Waals surface area contributed by atoms with Gasteiger partial charge in [0.15, 0.2) is 11.5 Å². The smallest absolute Gasteiger partial charge is 0.276 e. The van der Waals surface area contributed by atoms with E-state index in [2.05, 4.69) is 10.1 Å². The van der Waals surface area contributed by atoms with Crippen molar-refractivity contribution in [2.75, 3.05) is 0 Å². The van der Waals surface area contributed by atoms with Crippen molar-refractivity contribution >= 4 is 5.91 Å². The van der Waals surface area contributed by atoms with E-state index in [0.29, 0.717) is 24.6 Å². The van der Waals surface area contributed by atoms with Crippen molar-refractivity contribution in [1.82, 2.24) is 15.0 Å². The van der Waals surface area contributed by atoms with Gasteiger partial charge in [0.2, 0.25) is 0 Å². The first-order valence-corrected chi connectivity index (χ1v) is 8.52. The maximum Gasteiger partial charge on any atom is 0.276 e. The number of pyridine rings is 1. The van der Waals surface area contributed by atoms with Gasteiger partial charge in [-0.15, -0.1) is 0 Å². The SMILES string of the molecule is O=C(c1cc(-c2ccncc2)on1)N(Cc1ccccc1)Cc1ccco1. The molecule has 0 atom stereocenters. The van der Waals surface area contributed by atoms with Crippen LogP contribution in [0.25, 0.3) is 11.3 Å². The molecular formula is C21H17N3O3. The molecule has 134 valence electrons. The number of amides is 1. The lowest BCUT2D eigenvalue weighted by molar-refractivity contribution is 0.0707. The molecule has 0 aliphatic rings. The summed E-state index contributed by atoms with van der Waals surface area (Å²) in [5, 5.41) is 3.97. The first-order chi connectivity index (χ1) is 13.3. The van der Waals surface area contributed by atoms with Crippen LogP contribution >= 0.6 is 0 Å². The van der Waals surface area contributed by atoms with Crippen LogP contribution in [0, 0.1) is 0 Å². The van der Waals surface area contributed by atoms with Gasteiger partial charge < -0.3 is 13.8 Å². The van der Waals surface area contributed by atoms with Crippen molar-refractivity contribution in [2.45, 2.75) is 13.1 Å². The van der Waals surface area contributed by atoms with Crippen LogP contribution in [0.2, 0.25) is 0 Å². The van der Waals surface area contributed by atoms with Gasteiger partial charge >= 0.3 is 0 Å². The zero-order chi connectivity index (χ0) is 18.5. The molecule has 4 aromatic rings. The lowest BCUT2D eigenvalue weighted by Gasteiger charge is -2.20. The van der Waals surface area contributed by atoms with Gasteiger partial charge in [-0.05, 0) is 29.8 Å². The van der Waals surface area contributed by atoms with Gasteiger partial charge in [0, 0.05) is 30.6 Å². The number of carbonyl (C=O) groups is 1. The van der Waals surface area contributed by atoms with Crippen LogP contribution in [0.3, 0.4) is 0 Å². The Kier molecular flexibility index (Phi) is 4.78. The van der Waals surface area contributed by atoms with E-state index in [9.17, 15) is 4.79 Å². The normalized spacial score (nSPS) is 10.7. The highest BCUT2D eigenvalue weighted by molar-refractivity contribution is 5.93. The second-order valence-corrected chi connectivity index (χ2v) is 6.04. The molecule has 6 heteroatoms. The summed E-state index contributed by atoms with van der Waals surface area (Å²) >= 11 is 0. The maximum atomic E-state index is 13.1. The van der Waals surface area contributed by atoms with E-state index >= 15 is 0 Å². The molecule has 0 aliphatic carbocycles. The van der Waals surface area contributed by atoms with E-state index < -0.39 is 0 Å². The molecular weight excluding hydrogens is 342 g/mol. The molecule has 3 aromatic heterocycles. The van der Waals surface area contributed by atoms with Crippen molar-refractivity contribution < 1.29 is 13.7 Å². The average Bonchev–Trinajstić information content (AvgIpc) is 3.41. The van der Waals surface area contributed by atoms with E-state index in [1.165, 1.54) is 0 Å². The summed E-state index contributed by atoms with van der Waals surface area (Å²) in [4.78, 5) is 18.7. The molecule has 6 nitrogen and oxygen atoms in total. The third-order valence-electron chi connectivity index (χ3n) is 4.12.